The number of alkyl halides is 3. The molecule has 0 spiro atoms. The lowest BCUT2D eigenvalue weighted by Gasteiger charge is -2.01. The van der Waals surface area contributed by atoms with Crippen LogP contribution in [0.2, 0.25) is 0 Å². The Morgan fingerprint density at radius 1 is 1.67 bits per heavy atom. The molecule has 84 valence electrons. The van der Waals surface area contributed by atoms with Crippen LogP contribution in [0.4, 0.5) is 13.2 Å². The number of carbonyl (C=O) groups is 1. The number of carboxylic acids is 1. The summed E-state index contributed by atoms with van der Waals surface area (Å²) in [6, 6.07) is 0. The SMILES string of the molecule is CC(Cc1coc(C(F)(F)F)n1)C(=O)O. The van der Waals surface area contributed by atoms with Crippen molar-refractivity contribution in [1.82, 2.24) is 4.98 Å². The van der Waals surface area contributed by atoms with Gasteiger partial charge in [0.05, 0.1) is 11.6 Å². The van der Waals surface area contributed by atoms with Crippen molar-refractivity contribution >= 4 is 5.97 Å². The third-order valence-electron chi connectivity index (χ3n) is 1.73. The number of oxazole rings is 1. The van der Waals surface area contributed by atoms with Gasteiger partial charge < -0.3 is 9.52 Å². The Balaban J connectivity index is 2.73. The zero-order chi connectivity index (χ0) is 11.6. The van der Waals surface area contributed by atoms with Crippen LogP contribution in [0, 0.1) is 5.92 Å². The van der Waals surface area contributed by atoms with Crippen molar-refractivity contribution in [2.75, 3.05) is 0 Å². The van der Waals surface area contributed by atoms with Gasteiger partial charge in [-0.25, -0.2) is 4.98 Å². The zero-order valence-electron chi connectivity index (χ0n) is 7.71. The van der Waals surface area contributed by atoms with Crippen molar-refractivity contribution in [3.63, 3.8) is 0 Å². The Morgan fingerprint density at radius 3 is 2.67 bits per heavy atom. The van der Waals surface area contributed by atoms with E-state index >= 15 is 0 Å². The molecule has 0 aliphatic carbocycles. The van der Waals surface area contributed by atoms with Gasteiger partial charge in [0, 0.05) is 6.42 Å². The first-order chi connectivity index (χ1) is 6.80. The second-order valence-corrected chi connectivity index (χ2v) is 3.09. The number of aliphatic carboxylic acids is 1. The molecule has 15 heavy (non-hydrogen) atoms. The fraction of sp³-hybridized carbons (Fsp3) is 0.500. The van der Waals surface area contributed by atoms with Crippen LogP contribution < -0.4 is 0 Å². The average Bonchev–Trinajstić information content (AvgIpc) is 2.51. The third-order valence-corrected chi connectivity index (χ3v) is 1.73. The molecular weight excluding hydrogens is 215 g/mol. The lowest BCUT2D eigenvalue weighted by molar-refractivity contribution is -0.157. The summed E-state index contributed by atoms with van der Waals surface area (Å²) in [7, 11) is 0. The maximum atomic E-state index is 12.0. The van der Waals surface area contributed by atoms with Gasteiger partial charge in [0.15, 0.2) is 0 Å². The van der Waals surface area contributed by atoms with E-state index in [-0.39, 0.29) is 12.1 Å². The van der Waals surface area contributed by atoms with Gasteiger partial charge in [0.1, 0.15) is 6.26 Å². The summed E-state index contributed by atoms with van der Waals surface area (Å²) in [5, 5.41) is 8.53. The highest BCUT2D eigenvalue weighted by molar-refractivity contribution is 5.69. The molecule has 1 atom stereocenters. The van der Waals surface area contributed by atoms with E-state index in [2.05, 4.69) is 9.40 Å². The monoisotopic (exact) mass is 223 g/mol. The molecule has 7 heteroatoms. The van der Waals surface area contributed by atoms with Crippen LogP contribution in [0.1, 0.15) is 18.5 Å². The number of hydrogen-bond donors (Lipinski definition) is 1. The number of nitrogens with zero attached hydrogens (tertiary/aromatic N) is 1. The average molecular weight is 223 g/mol. The van der Waals surface area contributed by atoms with Crippen molar-refractivity contribution in [3.05, 3.63) is 17.8 Å². The van der Waals surface area contributed by atoms with Crippen molar-refractivity contribution in [1.29, 1.82) is 0 Å². The highest BCUT2D eigenvalue weighted by Crippen LogP contribution is 2.28. The largest absolute Gasteiger partial charge is 0.481 e. The summed E-state index contributed by atoms with van der Waals surface area (Å²) in [6.45, 7) is 1.38. The van der Waals surface area contributed by atoms with Crippen LogP contribution in [0.25, 0.3) is 0 Å². The minimum atomic E-state index is -4.63. The number of aromatic nitrogens is 1. The molecule has 0 fully saturated rings. The predicted octanol–water partition coefficient (Wildman–Crippen LogP) is 1.96. The van der Waals surface area contributed by atoms with Crippen LogP contribution in [0.15, 0.2) is 10.7 Å². The molecule has 4 nitrogen and oxygen atoms in total. The normalized spacial score (nSPS) is 13.9. The fourth-order valence-electron chi connectivity index (χ4n) is 0.932. The van der Waals surface area contributed by atoms with E-state index in [1.165, 1.54) is 6.92 Å². The van der Waals surface area contributed by atoms with Gasteiger partial charge in [0.2, 0.25) is 0 Å². The molecule has 0 aromatic carbocycles. The van der Waals surface area contributed by atoms with Crippen LogP contribution in [0.5, 0.6) is 0 Å². The smallest absolute Gasteiger partial charge is 0.468 e. The van der Waals surface area contributed by atoms with Gasteiger partial charge in [-0.2, -0.15) is 13.2 Å². The molecule has 0 saturated carbocycles. The van der Waals surface area contributed by atoms with Crippen molar-refractivity contribution in [3.8, 4) is 0 Å². The second kappa shape index (κ2) is 3.92. The lowest BCUT2D eigenvalue weighted by atomic mass is 10.1. The highest BCUT2D eigenvalue weighted by Gasteiger charge is 2.37. The van der Waals surface area contributed by atoms with Crippen molar-refractivity contribution in [2.24, 2.45) is 5.92 Å². The summed E-state index contributed by atoms with van der Waals surface area (Å²) in [4.78, 5) is 13.6. The molecule has 0 amide bonds. The summed E-state index contributed by atoms with van der Waals surface area (Å²) < 4.78 is 40.3. The van der Waals surface area contributed by atoms with Gasteiger partial charge >= 0.3 is 18.0 Å². The molecule has 1 aromatic rings. The Kier molecular flexibility index (Phi) is 3.01. The lowest BCUT2D eigenvalue weighted by Crippen LogP contribution is -2.13. The standard InChI is InChI=1S/C8H8F3NO3/c1-4(6(13)14)2-5-3-15-7(12-5)8(9,10)11/h3-4H,2H2,1H3,(H,13,14). The molecule has 0 saturated heterocycles. The maximum Gasteiger partial charge on any atom is 0.468 e. The molecule has 1 aromatic heterocycles. The summed E-state index contributed by atoms with van der Waals surface area (Å²) in [5.41, 5.74) is -0.0165. The van der Waals surface area contributed by atoms with E-state index in [0.717, 1.165) is 6.26 Å². The zero-order valence-corrected chi connectivity index (χ0v) is 7.71. The second-order valence-electron chi connectivity index (χ2n) is 3.09. The molecule has 1 rings (SSSR count). The molecule has 1 heterocycles. The van der Waals surface area contributed by atoms with E-state index in [9.17, 15) is 18.0 Å². The van der Waals surface area contributed by atoms with Gasteiger partial charge in [0.25, 0.3) is 0 Å². The third kappa shape index (κ3) is 2.97. The molecule has 1 unspecified atom stereocenters. The van der Waals surface area contributed by atoms with E-state index in [0.29, 0.717) is 0 Å². The molecule has 1 N–H and O–H groups in total. The highest BCUT2D eigenvalue weighted by atomic mass is 19.4. The molecular formula is C8H8F3NO3. The van der Waals surface area contributed by atoms with Crippen LogP contribution in [-0.2, 0) is 17.4 Å². The Hall–Kier alpha value is -1.53. The Morgan fingerprint density at radius 2 is 2.27 bits per heavy atom. The number of carboxylic acid groups (broad SMARTS) is 1. The fourth-order valence-corrected chi connectivity index (χ4v) is 0.932. The minimum Gasteiger partial charge on any atom is -0.481 e. The first-order valence-corrected chi connectivity index (χ1v) is 4.05. The van der Waals surface area contributed by atoms with Crippen LogP contribution in [0.3, 0.4) is 0 Å². The van der Waals surface area contributed by atoms with Crippen molar-refractivity contribution < 1.29 is 27.5 Å². The van der Waals surface area contributed by atoms with E-state index in [1.54, 1.807) is 0 Å². The van der Waals surface area contributed by atoms with Gasteiger partial charge in [-0.05, 0) is 0 Å². The Bertz CT molecular complexity index is 358. The molecule has 0 bridgehead atoms. The first-order valence-electron chi connectivity index (χ1n) is 4.05. The number of halogens is 3. The van der Waals surface area contributed by atoms with E-state index in [4.69, 9.17) is 5.11 Å². The Labute approximate surface area is 82.7 Å². The van der Waals surface area contributed by atoms with Gasteiger partial charge in [-0.1, -0.05) is 6.92 Å². The number of rotatable bonds is 3. The van der Waals surface area contributed by atoms with Crippen LogP contribution in [-0.4, -0.2) is 16.1 Å². The summed E-state index contributed by atoms with van der Waals surface area (Å²) in [5.74, 6) is -3.24. The van der Waals surface area contributed by atoms with Gasteiger partial charge in [-0.3, -0.25) is 4.79 Å². The van der Waals surface area contributed by atoms with Crippen molar-refractivity contribution in [2.45, 2.75) is 19.5 Å². The molecule has 0 aliphatic rings. The van der Waals surface area contributed by atoms with E-state index in [1.807, 2.05) is 0 Å². The van der Waals surface area contributed by atoms with Crippen LogP contribution >= 0.6 is 0 Å². The summed E-state index contributed by atoms with van der Waals surface area (Å²) in [6.07, 6.45) is -3.90. The predicted molar refractivity (Wildman–Crippen MR) is 42.0 cm³/mol. The summed E-state index contributed by atoms with van der Waals surface area (Å²) >= 11 is 0. The first kappa shape index (κ1) is 11.5. The molecule has 0 aliphatic heterocycles. The van der Waals surface area contributed by atoms with E-state index < -0.39 is 24.0 Å². The minimum absolute atomic E-state index is 0.0165. The van der Waals surface area contributed by atoms with Gasteiger partial charge in [-0.15, -0.1) is 0 Å². The topological polar surface area (TPSA) is 63.3 Å². The molecule has 0 radical (unpaired) electrons. The quantitative estimate of drug-likeness (QED) is 0.850. The maximum absolute atomic E-state index is 12.0. The number of hydrogen-bond acceptors (Lipinski definition) is 3.